The van der Waals surface area contributed by atoms with Crippen LogP contribution >= 0.6 is 0 Å². The summed E-state index contributed by atoms with van der Waals surface area (Å²) in [7, 11) is 1.61. The van der Waals surface area contributed by atoms with Gasteiger partial charge in [0.15, 0.2) is 0 Å². The van der Waals surface area contributed by atoms with Crippen LogP contribution in [-0.2, 0) is 25.6 Å². The number of hydrogen-bond acceptors (Lipinski definition) is 6. The van der Waals surface area contributed by atoms with Gasteiger partial charge < -0.3 is 14.4 Å². The molecule has 0 atom stereocenters. The maximum atomic E-state index is 11.1. The van der Waals surface area contributed by atoms with E-state index in [1.807, 2.05) is 0 Å². The van der Waals surface area contributed by atoms with E-state index >= 15 is 0 Å². The zero-order chi connectivity index (χ0) is 12.3. The van der Waals surface area contributed by atoms with Gasteiger partial charge in [0.1, 0.15) is 13.1 Å². The Kier molecular flexibility index (Phi) is 3.38. The molecule has 92 valence electrons. The van der Waals surface area contributed by atoms with Crippen molar-refractivity contribution < 1.29 is 19.1 Å². The van der Waals surface area contributed by atoms with Crippen LogP contribution in [0.4, 0.5) is 5.69 Å². The molecular weight excluding hydrogens is 226 g/mol. The van der Waals surface area contributed by atoms with Crippen LogP contribution in [0.5, 0.6) is 0 Å². The first-order valence-corrected chi connectivity index (χ1v) is 5.19. The largest absolute Gasteiger partial charge is 0.390 e. The third kappa shape index (κ3) is 2.82. The number of carbonyl (C=O) groups is 2. The van der Waals surface area contributed by atoms with Crippen LogP contribution in [0.3, 0.4) is 0 Å². The van der Waals surface area contributed by atoms with Crippen molar-refractivity contribution in [3.63, 3.8) is 0 Å². The summed E-state index contributed by atoms with van der Waals surface area (Å²) in [6, 6.07) is 0. The summed E-state index contributed by atoms with van der Waals surface area (Å²) < 4.78 is 11.1. The molecule has 0 bridgehead atoms. The topological polar surface area (TPSA) is 73.7 Å². The number of morpholine rings is 1. The molecule has 0 aliphatic carbocycles. The van der Waals surface area contributed by atoms with Crippen molar-refractivity contribution in [1.29, 1.82) is 0 Å². The molecule has 2 rings (SSSR count). The Hall–Kier alpha value is -1.89. The molecule has 17 heavy (non-hydrogen) atoms. The van der Waals surface area contributed by atoms with E-state index in [2.05, 4.69) is 9.84 Å². The van der Waals surface area contributed by atoms with Crippen LogP contribution in [0, 0.1) is 0 Å². The first-order chi connectivity index (χ1) is 8.19. The van der Waals surface area contributed by atoms with Gasteiger partial charge in [-0.3, -0.25) is 4.68 Å². The second-order valence-electron chi connectivity index (χ2n) is 3.66. The van der Waals surface area contributed by atoms with Crippen molar-refractivity contribution >= 4 is 17.6 Å². The van der Waals surface area contributed by atoms with Crippen molar-refractivity contribution in [2.45, 2.75) is 6.54 Å². The van der Waals surface area contributed by atoms with E-state index in [9.17, 15) is 9.59 Å². The van der Waals surface area contributed by atoms with Crippen LogP contribution in [-0.4, -0.2) is 48.5 Å². The summed E-state index contributed by atoms with van der Waals surface area (Å²) in [6.07, 6.45) is 3.38. The Morgan fingerprint density at radius 2 is 2.12 bits per heavy atom. The number of hydrogen-bond donors (Lipinski definition) is 0. The maximum absolute atomic E-state index is 11.1. The van der Waals surface area contributed by atoms with Gasteiger partial charge in [-0.25, -0.2) is 9.59 Å². The molecule has 7 heteroatoms. The van der Waals surface area contributed by atoms with Crippen molar-refractivity contribution in [3.8, 4) is 0 Å². The van der Waals surface area contributed by atoms with Gasteiger partial charge in [0.05, 0.1) is 25.0 Å². The second kappa shape index (κ2) is 4.96. The molecule has 0 amide bonds. The van der Waals surface area contributed by atoms with E-state index in [1.54, 1.807) is 29.1 Å². The fourth-order valence-corrected chi connectivity index (χ4v) is 1.56. The average molecular weight is 239 g/mol. The summed E-state index contributed by atoms with van der Waals surface area (Å²) in [5, 5.41) is 4.11. The number of carbonyl (C=O) groups excluding carboxylic acids is 2. The van der Waals surface area contributed by atoms with E-state index in [-0.39, 0.29) is 13.1 Å². The van der Waals surface area contributed by atoms with Crippen molar-refractivity contribution in [1.82, 2.24) is 9.78 Å². The molecule has 0 aromatic carbocycles. The van der Waals surface area contributed by atoms with Gasteiger partial charge in [-0.2, -0.15) is 5.10 Å². The molecule has 0 unspecified atom stereocenters. The van der Waals surface area contributed by atoms with E-state index in [4.69, 9.17) is 4.74 Å². The van der Waals surface area contributed by atoms with E-state index in [0.717, 1.165) is 5.69 Å². The number of aromatic nitrogens is 2. The van der Waals surface area contributed by atoms with E-state index < -0.39 is 11.9 Å². The zero-order valence-corrected chi connectivity index (χ0v) is 9.46. The number of esters is 2. The number of anilines is 1. The van der Waals surface area contributed by atoms with Crippen LogP contribution < -0.4 is 4.90 Å². The molecule has 1 aliphatic heterocycles. The molecule has 1 saturated heterocycles. The summed E-state index contributed by atoms with van der Waals surface area (Å²) >= 11 is 0. The molecule has 0 saturated carbocycles. The fraction of sp³-hybridized carbons (Fsp3) is 0.500. The van der Waals surface area contributed by atoms with Gasteiger partial charge in [-0.1, -0.05) is 0 Å². The highest BCUT2D eigenvalue weighted by Gasteiger charge is 2.25. The molecule has 0 radical (unpaired) electrons. The number of nitrogens with zero attached hydrogens (tertiary/aromatic N) is 3. The summed E-state index contributed by atoms with van der Waals surface area (Å²) in [5.41, 5.74) is 0.728. The molecule has 1 aromatic heterocycles. The Morgan fingerprint density at radius 1 is 1.41 bits per heavy atom. The van der Waals surface area contributed by atoms with Crippen LogP contribution in [0.1, 0.15) is 0 Å². The zero-order valence-electron chi connectivity index (χ0n) is 9.46. The number of ether oxygens (including phenoxy) is 2. The lowest BCUT2D eigenvalue weighted by atomic mass is 10.3. The standard InChI is InChI=1S/C10H13N3O4/c1-16-3-2-13-5-8(4-11-13)12-6-9(14)17-10(15)7-12/h4-5H,2-3,6-7H2,1H3. The summed E-state index contributed by atoms with van der Waals surface area (Å²) in [5.74, 6) is -1.07. The molecule has 1 fully saturated rings. The molecule has 0 N–H and O–H groups in total. The fourth-order valence-electron chi connectivity index (χ4n) is 1.56. The lowest BCUT2D eigenvalue weighted by molar-refractivity contribution is -0.160. The quantitative estimate of drug-likeness (QED) is 0.517. The molecule has 7 nitrogen and oxygen atoms in total. The number of cyclic esters (lactones) is 2. The lowest BCUT2D eigenvalue weighted by Gasteiger charge is -2.24. The van der Waals surface area contributed by atoms with Crippen molar-refractivity contribution in [3.05, 3.63) is 12.4 Å². The summed E-state index contributed by atoms with van der Waals surface area (Å²) in [4.78, 5) is 23.8. The lowest BCUT2D eigenvalue weighted by Crippen LogP contribution is -2.42. The number of methoxy groups -OCH3 is 1. The molecule has 1 aromatic rings. The molecule has 0 spiro atoms. The molecule has 1 aliphatic rings. The first kappa shape index (κ1) is 11.6. The predicted octanol–water partition coefficient (Wildman–Crippen LogP) is -0.581. The van der Waals surface area contributed by atoms with Crippen LogP contribution in [0.25, 0.3) is 0 Å². The van der Waals surface area contributed by atoms with Gasteiger partial charge in [0, 0.05) is 13.3 Å². The highest BCUT2D eigenvalue weighted by atomic mass is 16.6. The van der Waals surface area contributed by atoms with E-state index in [0.29, 0.717) is 13.2 Å². The van der Waals surface area contributed by atoms with Crippen molar-refractivity contribution in [2.24, 2.45) is 0 Å². The minimum atomic E-state index is -0.536. The monoisotopic (exact) mass is 239 g/mol. The average Bonchev–Trinajstić information content (AvgIpc) is 2.73. The third-order valence-electron chi connectivity index (χ3n) is 2.38. The van der Waals surface area contributed by atoms with Gasteiger partial charge in [0.25, 0.3) is 0 Å². The minimum Gasteiger partial charge on any atom is -0.390 e. The third-order valence-corrected chi connectivity index (χ3v) is 2.38. The first-order valence-electron chi connectivity index (χ1n) is 5.19. The summed E-state index contributed by atoms with van der Waals surface area (Å²) in [6.45, 7) is 1.33. The van der Waals surface area contributed by atoms with Crippen molar-refractivity contribution in [2.75, 3.05) is 31.7 Å². The smallest absolute Gasteiger partial charge is 0.333 e. The molecule has 2 heterocycles. The number of rotatable bonds is 4. The highest BCUT2D eigenvalue weighted by molar-refractivity contribution is 5.94. The van der Waals surface area contributed by atoms with E-state index in [1.165, 1.54) is 0 Å². The Labute approximate surface area is 97.9 Å². The van der Waals surface area contributed by atoms with Gasteiger partial charge in [-0.05, 0) is 0 Å². The maximum Gasteiger partial charge on any atom is 0.333 e. The second-order valence-corrected chi connectivity index (χ2v) is 3.66. The Bertz CT molecular complexity index is 413. The SMILES string of the molecule is COCCn1cc(N2CC(=O)OC(=O)C2)cn1. The Balaban J connectivity index is 2.03. The minimum absolute atomic E-state index is 0.0711. The van der Waals surface area contributed by atoms with Gasteiger partial charge >= 0.3 is 11.9 Å². The Morgan fingerprint density at radius 3 is 2.76 bits per heavy atom. The van der Waals surface area contributed by atoms with Crippen LogP contribution in [0.2, 0.25) is 0 Å². The predicted molar refractivity (Wildman–Crippen MR) is 57.4 cm³/mol. The molecular formula is C10H13N3O4. The highest BCUT2D eigenvalue weighted by Crippen LogP contribution is 2.15. The normalized spacial score (nSPS) is 16.2. The van der Waals surface area contributed by atoms with Gasteiger partial charge in [-0.15, -0.1) is 0 Å². The van der Waals surface area contributed by atoms with Crippen LogP contribution in [0.15, 0.2) is 12.4 Å². The van der Waals surface area contributed by atoms with Gasteiger partial charge in [0.2, 0.25) is 0 Å².